The van der Waals surface area contributed by atoms with Crippen LogP contribution in [-0.4, -0.2) is 48.7 Å². The monoisotopic (exact) mass is 551 g/mol. The van der Waals surface area contributed by atoms with Crippen molar-refractivity contribution in [1.82, 2.24) is 10.6 Å². The smallest absolute Gasteiger partial charge is 0.309 e. The Bertz CT molecular complexity index is 1190. The predicted molar refractivity (Wildman–Crippen MR) is 147 cm³/mol. The van der Waals surface area contributed by atoms with E-state index in [1.165, 1.54) is 13.2 Å². The highest BCUT2D eigenvalue weighted by atomic mass is 16.5. The van der Waals surface area contributed by atoms with E-state index in [-0.39, 0.29) is 64.3 Å². The van der Waals surface area contributed by atoms with E-state index in [4.69, 9.17) is 9.47 Å². The van der Waals surface area contributed by atoms with Crippen LogP contribution in [0.2, 0.25) is 0 Å². The second kappa shape index (κ2) is 11.3. The van der Waals surface area contributed by atoms with Crippen molar-refractivity contribution < 1.29 is 29.0 Å². The fourth-order valence-corrected chi connectivity index (χ4v) is 7.53. The van der Waals surface area contributed by atoms with Crippen molar-refractivity contribution in [3.8, 4) is 17.6 Å². The molecule has 1 aromatic rings. The van der Waals surface area contributed by atoms with E-state index >= 15 is 0 Å². The maximum Gasteiger partial charge on any atom is 0.309 e. The van der Waals surface area contributed by atoms with Crippen LogP contribution in [0.25, 0.3) is 0 Å². The summed E-state index contributed by atoms with van der Waals surface area (Å²) in [5.41, 5.74) is -0.265. The minimum absolute atomic E-state index is 0.0403. The summed E-state index contributed by atoms with van der Waals surface area (Å²) >= 11 is 0. The van der Waals surface area contributed by atoms with E-state index in [2.05, 4.69) is 23.6 Å². The highest BCUT2D eigenvalue weighted by Gasteiger charge is 2.51. The molecule has 2 amide bonds. The summed E-state index contributed by atoms with van der Waals surface area (Å²) in [6.07, 6.45) is 7.05. The minimum Gasteiger partial charge on any atom is -0.496 e. The maximum absolute atomic E-state index is 13.7. The number of nitrogens with zero attached hydrogens (tertiary/aromatic N) is 1. The number of hydrogen-bond donors (Lipinski definition) is 3. The number of nitriles is 1. The summed E-state index contributed by atoms with van der Waals surface area (Å²) in [4.78, 5) is 38.6. The molecule has 3 N–H and O–H groups in total. The molecule has 4 atom stereocenters. The van der Waals surface area contributed by atoms with Crippen molar-refractivity contribution in [2.75, 3.05) is 13.7 Å². The number of carboxylic acids is 1. The molecule has 0 saturated heterocycles. The second-order valence-corrected chi connectivity index (χ2v) is 12.9. The molecule has 0 radical (unpaired) electrons. The topological polar surface area (TPSA) is 138 Å². The highest BCUT2D eigenvalue weighted by molar-refractivity contribution is 5.98. The van der Waals surface area contributed by atoms with Gasteiger partial charge in [0.15, 0.2) is 0 Å². The summed E-state index contributed by atoms with van der Waals surface area (Å²) < 4.78 is 11.7. The summed E-state index contributed by atoms with van der Waals surface area (Å²) in [6.45, 7) is 4.69. The minimum atomic E-state index is -0.808. The van der Waals surface area contributed by atoms with Crippen molar-refractivity contribution in [2.45, 2.75) is 83.8 Å². The Morgan fingerprint density at radius 1 is 1.07 bits per heavy atom. The zero-order valence-corrected chi connectivity index (χ0v) is 23.7. The molecular weight excluding hydrogens is 510 g/mol. The van der Waals surface area contributed by atoms with Gasteiger partial charge < -0.3 is 25.2 Å². The summed E-state index contributed by atoms with van der Waals surface area (Å²) in [6, 6.07) is 4.95. The summed E-state index contributed by atoms with van der Waals surface area (Å²) in [7, 11) is 1.46. The first-order chi connectivity index (χ1) is 19.1. The zero-order chi connectivity index (χ0) is 28.6. The van der Waals surface area contributed by atoms with Gasteiger partial charge >= 0.3 is 5.97 Å². The number of aliphatic carboxylic acids is 1. The highest BCUT2D eigenvalue weighted by Crippen LogP contribution is 2.49. The quantitative estimate of drug-likeness (QED) is 0.416. The molecule has 9 nitrogen and oxygen atoms in total. The number of benzene rings is 1. The molecule has 4 saturated carbocycles. The Morgan fingerprint density at radius 2 is 1.77 bits per heavy atom. The van der Waals surface area contributed by atoms with Crippen LogP contribution in [0.5, 0.6) is 11.5 Å². The van der Waals surface area contributed by atoms with Gasteiger partial charge in [0.25, 0.3) is 5.91 Å². The molecule has 2 bridgehead atoms. The molecule has 4 fully saturated rings. The van der Waals surface area contributed by atoms with Gasteiger partial charge in [0, 0.05) is 18.7 Å². The van der Waals surface area contributed by atoms with E-state index < -0.39 is 11.4 Å². The third-order valence-corrected chi connectivity index (χ3v) is 10.1. The lowest BCUT2D eigenvalue weighted by atomic mass is 9.75. The largest absolute Gasteiger partial charge is 0.496 e. The molecule has 40 heavy (non-hydrogen) atoms. The first-order valence-corrected chi connectivity index (χ1v) is 14.7. The summed E-state index contributed by atoms with van der Waals surface area (Å²) in [5, 5.41) is 25.6. The molecule has 216 valence electrons. The average Bonchev–Trinajstić information content (AvgIpc) is 3.53. The lowest BCUT2D eigenvalue weighted by Crippen LogP contribution is -2.50. The number of fused-ring (bicyclic) bond motifs is 2. The maximum atomic E-state index is 13.7. The van der Waals surface area contributed by atoms with Crippen LogP contribution in [0.1, 0.15) is 87.6 Å². The Morgan fingerprint density at radius 3 is 2.40 bits per heavy atom. The Balaban J connectivity index is 1.29. The number of rotatable bonds is 9. The van der Waals surface area contributed by atoms with Gasteiger partial charge in [-0.1, -0.05) is 6.92 Å². The third kappa shape index (κ3) is 5.50. The molecule has 5 rings (SSSR count). The lowest BCUT2D eigenvalue weighted by Gasteiger charge is -2.35. The van der Waals surface area contributed by atoms with Crippen molar-refractivity contribution in [1.29, 1.82) is 5.26 Å². The van der Waals surface area contributed by atoms with Gasteiger partial charge in [-0.05, 0) is 94.4 Å². The van der Waals surface area contributed by atoms with Gasteiger partial charge in [-0.3, -0.25) is 14.4 Å². The average molecular weight is 552 g/mol. The Labute approximate surface area is 236 Å². The van der Waals surface area contributed by atoms with Crippen molar-refractivity contribution in [2.24, 2.45) is 35.0 Å². The van der Waals surface area contributed by atoms with Crippen LogP contribution >= 0.6 is 0 Å². The van der Waals surface area contributed by atoms with Gasteiger partial charge in [0.1, 0.15) is 17.6 Å². The van der Waals surface area contributed by atoms with Crippen molar-refractivity contribution >= 4 is 17.8 Å². The lowest BCUT2D eigenvalue weighted by molar-refractivity contribution is -0.150. The number of ether oxygens (including phenoxy) is 2. The Hall–Kier alpha value is -3.28. The molecule has 0 heterocycles. The number of hydrogen-bond acceptors (Lipinski definition) is 6. The number of carbonyl (C=O) groups excluding carboxylic acids is 2. The molecule has 0 aromatic heterocycles. The van der Waals surface area contributed by atoms with Gasteiger partial charge in [-0.25, -0.2) is 0 Å². The predicted octanol–water partition coefficient (Wildman–Crippen LogP) is 4.29. The zero-order valence-electron chi connectivity index (χ0n) is 23.7. The second-order valence-electron chi connectivity index (χ2n) is 12.9. The van der Waals surface area contributed by atoms with Crippen LogP contribution in [0, 0.1) is 46.3 Å². The van der Waals surface area contributed by atoms with Crippen LogP contribution in [0.3, 0.4) is 0 Å². The first kappa shape index (κ1) is 28.3. The van der Waals surface area contributed by atoms with Gasteiger partial charge in [0.05, 0.1) is 35.7 Å². The molecule has 9 heteroatoms. The normalized spacial score (nSPS) is 34.3. The molecule has 4 aliphatic carbocycles. The van der Waals surface area contributed by atoms with Gasteiger partial charge in [-0.15, -0.1) is 0 Å². The summed E-state index contributed by atoms with van der Waals surface area (Å²) in [5.74, 6) is 1.02. The standard InChI is InChI=1S/C31H41N3O6/c1-17-10-18(11-17)16-33-29(36)26-19-4-5-20(12-19)27(26)34-28(35)23-14-24(21(15-32)13-25(23)39-3)40-22-6-8-31(2,9-7-22)30(37)38/h13-14,17-20,22,26-27H,4-12,16H2,1-3H3,(H,33,36)(H,34,35)(H,37,38)/t17-,18+,19-,20+,22-,26+,27-,31+/m1/s1. The molecule has 0 spiro atoms. The van der Waals surface area contributed by atoms with E-state index in [1.54, 1.807) is 13.0 Å². The molecular formula is C31H41N3O6. The van der Waals surface area contributed by atoms with Crippen molar-refractivity contribution in [3.63, 3.8) is 0 Å². The SMILES string of the molecule is COc1cc(C#N)c(O[C@H]2CC[C@@](C)(C(=O)O)CC2)cc1C(=O)N[C@@H]1[C@H]2CC[C@H](C2)[C@@H]1C(=O)NC[C@H]1C[C@@H](C)C1. The van der Waals surface area contributed by atoms with Crippen LogP contribution in [0.15, 0.2) is 12.1 Å². The van der Waals surface area contributed by atoms with Gasteiger partial charge in [0.2, 0.25) is 5.91 Å². The molecule has 4 aliphatic rings. The Kier molecular flexibility index (Phi) is 7.98. The first-order valence-electron chi connectivity index (χ1n) is 14.7. The molecule has 0 unspecified atom stereocenters. The van der Waals surface area contributed by atoms with Crippen molar-refractivity contribution in [3.05, 3.63) is 23.3 Å². The third-order valence-electron chi connectivity index (χ3n) is 10.1. The van der Waals surface area contributed by atoms with Crippen LogP contribution in [0.4, 0.5) is 0 Å². The van der Waals surface area contributed by atoms with Crippen LogP contribution in [-0.2, 0) is 9.59 Å². The fraction of sp³-hybridized carbons (Fsp3) is 0.677. The molecule has 1 aromatic carbocycles. The number of carboxylic acid groups (broad SMARTS) is 1. The van der Waals surface area contributed by atoms with E-state index in [0.29, 0.717) is 38.1 Å². The van der Waals surface area contributed by atoms with E-state index in [1.807, 2.05) is 0 Å². The number of amides is 2. The molecule has 0 aliphatic heterocycles. The van der Waals surface area contributed by atoms with Gasteiger partial charge in [-0.2, -0.15) is 5.26 Å². The fourth-order valence-electron chi connectivity index (χ4n) is 7.53. The number of nitrogens with one attached hydrogen (secondary N) is 2. The number of carbonyl (C=O) groups is 3. The number of methoxy groups -OCH3 is 1. The van der Waals surface area contributed by atoms with E-state index in [0.717, 1.165) is 38.0 Å². The van der Waals surface area contributed by atoms with Crippen LogP contribution < -0.4 is 20.1 Å². The van der Waals surface area contributed by atoms with E-state index in [9.17, 15) is 24.8 Å².